The van der Waals surface area contributed by atoms with Crippen LogP contribution in [0.1, 0.15) is 93.8 Å². The predicted octanol–water partition coefficient (Wildman–Crippen LogP) is 5.19. The maximum atomic E-state index is 13.4. The van der Waals surface area contributed by atoms with E-state index in [0.717, 1.165) is 75.3 Å². The van der Waals surface area contributed by atoms with E-state index in [1.54, 1.807) is 24.3 Å². The third-order valence-corrected chi connectivity index (χ3v) is 11.4. The molecular weight excluding hydrogens is 604 g/mol. The number of rotatable bonds is 9. The van der Waals surface area contributed by atoms with Crippen LogP contribution in [0.2, 0.25) is 0 Å². The van der Waals surface area contributed by atoms with Gasteiger partial charge in [-0.1, -0.05) is 12.8 Å². The van der Waals surface area contributed by atoms with E-state index in [1.807, 2.05) is 19.2 Å². The second kappa shape index (κ2) is 15.0. The van der Waals surface area contributed by atoms with Gasteiger partial charge in [0.25, 0.3) is 5.91 Å². The number of methoxy groups -OCH3 is 1. The predicted molar refractivity (Wildman–Crippen MR) is 189 cm³/mol. The highest BCUT2D eigenvalue weighted by Gasteiger charge is 2.32. The highest BCUT2D eigenvalue weighted by Crippen LogP contribution is 2.37. The summed E-state index contributed by atoms with van der Waals surface area (Å²) in [6.07, 6.45) is 16.0. The Morgan fingerprint density at radius 2 is 1.69 bits per heavy atom. The first-order valence-corrected chi connectivity index (χ1v) is 18.6. The molecule has 2 N–H and O–H groups in total. The first-order chi connectivity index (χ1) is 23.4. The van der Waals surface area contributed by atoms with Crippen molar-refractivity contribution in [1.82, 2.24) is 25.1 Å². The van der Waals surface area contributed by atoms with Gasteiger partial charge in [-0.25, -0.2) is 4.98 Å². The van der Waals surface area contributed by atoms with E-state index in [0.29, 0.717) is 41.5 Å². The standard InChI is InChI=1S/C37H54N8O3/c1-42-32-24-38-37(41-35(32)45(30-7-3-4-8-30)18-6-5-9-34(42)46)40-31-17-12-27(23-33(31)48-2)36(47)39-28-13-15-29(16-14-28)44-21-19-43(20-22-44)25-26-10-11-26/h12,17,23-24,26,28-30H,3-11,13-16,18-22,25H2,1-2H3,(H,39,47)(H,38,40,41). The molecule has 2 aliphatic heterocycles. The van der Waals surface area contributed by atoms with Crippen molar-refractivity contribution in [3.8, 4) is 5.75 Å². The fourth-order valence-corrected chi connectivity index (χ4v) is 8.30. The van der Waals surface area contributed by atoms with Crippen LogP contribution in [0.5, 0.6) is 5.75 Å². The van der Waals surface area contributed by atoms with Crippen molar-refractivity contribution in [2.75, 3.05) is 68.5 Å². The quantitative estimate of drug-likeness (QED) is 0.377. The summed E-state index contributed by atoms with van der Waals surface area (Å²) in [5.74, 6) is 2.79. The molecule has 0 spiro atoms. The van der Waals surface area contributed by atoms with Crippen LogP contribution < -0.4 is 25.2 Å². The smallest absolute Gasteiger partial charge is 0.251 e. The number of aromatic nitrogens is 2. The molecule has 4 fully saturated rings. The molecule has 11 heteroatoms. The lowest BCUT2D eigenvalue weighted by Gasteiger charge is -2.42. The molecule has 0 unspecified atom stereocenters. The Morgan fingerprint density at radius 3 is 2.42 bits per heavy atom. The zero-order valence-corrected chi connectivity index (χ0v) is 29.0. The Bertz CT molecular complexity index is 1430. The van der Waals surface area contributed by atoms with E-state index in [9.17, 15) is 9.59 Å². The van der Waals surface area contributed by atoms with Crippen LogP contribution in [0, 0.1) is 5.92 Å². The van der Waals surface area contributed by atoms with Crippen molar-refractivity contribution in [1.29, 1.82) is 0 Å². The van der Waals surface area contributed by atoms with Crippen molar-refractivity contribution < 1.29 is 14.3 Å². The monoisotopic (exact) mass is 658 g/mol. The van der Waals surface area contributed by atoms with Gasteiger partial charge in [0.15, 0.2) is 5.82 Å². The highest BCUT2D eigenvalue weighted by atomic mass is 16.5. The van der Waals surface area contributed by atoms with Gasteiger partial charge < -0.3 is 30.1 Å². The Kier molecular flexibility index (Phi) is 10.3. The maximum Gasteiger partial charge on any atom is 0.251 e. The van der Waals surface area contributed by atoms with E-state index in [4.69, 9.17) is 9.72 Å². The summed E-state index contributed by atoms with van der Waals surface area (Å²) in [4.78, 5) is 45.3. The molecule has 0 atom stereocenters. The summed E-state index contributed by atoms with van der Waals surface area (Å²) >= 11 is 0. The molecule has 3 aliphatic carbocycles. The number of fused-ring (bicyclic) bond motifs is 1. The van der Waals surface area contributed by atoms with Crippen LogP contribution in [0.15, 0.2) is 24.4 Å². The molecule has 7 rings (SSSR count). The number of nitrogens with one attached hydrogen (secondary N) is 2. The number of carbonyl (C=O) groups is 2. The third kappa shape index (κ3) is 7.72. The molecule has 2 amide bonds. The summed E-state index contributed by atoms with van der Waals surface area (Å²) in [6, 6.07) is 6.75. The minimum atomic E-state index is -0.0645. The first-order valence-electron chi connectivity index (χ1n) is 18.6. The molecule has 3 heterocycles. The average Bonchev–Trinajstić information content (AvgIpc) is 3.75. The summed E-state index contributed by atoms with van der Waals surface area (Å²) < 4.78 is 5.74. The number of piperazine rings is 1. The number of amides is 2. The average molecular weight is 659 g/mol. The fourth-order valence-electron chi connectivity index (χ4n) is 8.30. The largest absolute Gasteiger partial charge is 0.495 e. The van der Waals surface area contributed by atoms with Gasteiger partial charge in [-0.3, -0.25) is 14.5 Å². The van der Waals surface area contributed by atoms with Gasteiger partial charge in [0.05, 0.1) is 19.0 Å². The van der Waals surface area contributed by atoms with Gasteiger partial charge >= 0.3 is 0 Å². The molecule has 48 heavy (non-hydrogen) atoms. The number of hydrogen-bond acceptors (Lipinski definition) is 9. The van der Waals surface area contributed by atoms with Gasteiger partial charge in [0.1, 0.15) is 11.4 Å². The van der Waals surface area contributed by atoms with Crippen LogP contribution in [0.25, 0.3) is 0 Å². The van der Waals surface area contributed by atoms with Crippen LogP contribution in [-0.2, 0) is 4.79 Å². The molecule has 1 aromatic heterocycles. The van der Waals surface area contributed by atoms with Crippen molar-refractivity contribution >= 4 is 35.0 Å². The van der Waals surface area contributed by atoms with E-state index in [1.165, 1.54) is 58.4 Å². The number of benzene rings is 1. The Labute approximate surface area is 285 Å². The number of carbonyl (C=O) groups excluding carboxylic acids is 2. The Balaban J connectivity index is 0.979. The summed E-state index contributed by atoms with van der Waals surface area (Å²) in [6.45, 7) is 6.95. The third-order valence-electron chi connectivity index (χ3n) is 11.4. The zero-order valence-electron chi connectivity index (χ0n) is 29.0. The van der Waals surface area contributed by atoms with E-state index >= 15 is 0 Å². The minimum Gasteiger partial charge on any atom is -0.495 e. The van der Waals surface area contributed by atoms with Gasteiger partial charge in [-0.2, -0.15) is 4.98 Å². The second-order valence-corrected chi connectivity index (χ2v) is 14.7. The molecule has 5 aliphatic rings. The molecule has 0 radical (unpaired) electrons. The normalized spacial score (nSPS) is 24.8. The molecule has 260 valence electrons. The number of hydrogen-bond donors (Lipinski definition) is 2. The fraction of sp³-hybridized carbons (Fsp3) is 0.676. The zero-order chi connectivity index (χ0) is 33.0. The van der Waals surface area contributed by atoms with E-state index in [-0.39, 0.29) is 17.9 Å². The van der Waals surface area contributed by atoms with Crippen LogP contribution >= 0.6 is 0 Å². The lowest BCUT2D eigenvalue weighted by atomic mass is 9.89. The lowest BCUT2D eigenvalue weighted by Crippen LogP contribution is -2.52. The van der Waals surface area contributed by atoms with Crippen molar-refractivity contribution in [2.45, 2.75) is 102 Å². The molecule has 3 saturated carbocycles. The van der Waals surface area contributed by atoms with E-state index < -0.39 is 0 Å². The van der Waals surface area contributed by atoms with Crippen LogP contribution in [0.3, 0.4) is 0 Å². The molecule has 0 bridgehead atoms. The highest BCUT2D eigenvalue weighted by molar-refractivity contribution is 5.96. The summed E-state index contributed by atoms with van der Waals surface area (Å²) in [7, 11) is 3.44. The maximum absolute atomic E-state index is 13.4. The molecule has 11 nitrogen and oxygen atoms in total. The minimum absolute atomic E-state index is 0.0645. The topological polar surface area (TPSA) is 106 Å². The van der Waals surface area contributed by atoms with Crippen LogP contribution in [-0.4, -0.2) is 103 Å². The van der Waals surface area contributed by atoms with Gasteiger partial charge in [-0.05, 0) is 88.3 Å². The van der Waals surface area contributed by atoms with Gasteiger partial charge in [-0.15, -0.1) is 0 Å². The molecule has 1 aromatic carbocycles. The number of anilines is 4. The second-order valence-electron chi connectivity index (χ2n) is 14.7. The SMILES string of the molecule is COc1cc(C(=O)NC2CCC(N3CCN(CC4CC4)CC3)CC2)ccc1Nc1ncc2c(n1)N(C1CCCC1)CCCCC(=O)N2C. The summed E-state index contributed by atoms with van der Waals surface area (Å²) in [5, 5.41) is 6.64. The summed E-state index contributed by atoms with van der Waals surface area (Å²) in [5.41, 5.74) is 2.01. The van der Waals surface area contributed by atoms with Crippen molar-refractivity contribution in [3.63, 3.8) is 0 Å². The number of nitrogens with zero attached hydrogens (tertiary/aromatic N) is 6. The molecule has 2 aromatic rings. The number of ether oxygens (including phenoxy) is 1. The van der Waals surface area contributed by atoms with Crippen molar-refractivity contribution in [3.05, 3.63) is 30.0 Å². The molecule has 1 saturated heterocycles. The van der Waals surface area contributed by atoms with Crippen LogP contribution in [0.4, 0.5) is 23.1 Å². The van der Waals surface area contributed by atoms with E-state index in [2.05, 4.69) is 30.3 Å². The van der Waals surface area contributed by atoms with Crippen molar-refractivity contribution in [2.24, 2.45) is 5.92 Å². The van der Waals surface area contributed by atoms with Gasteiger partial charge in [0.2, 0.25) is 11.9 Å². The Hall–Kier alpha value is -3.44. The van der Waals surface area contributed by atoms with Gasteiger partial charge in [0, 0.05) is 76.4 Å². The Morgan fingerprint density at radius 1 is 0.917 bits per heavy atom. The lowest BCUT2D eigenvalue weighted by molar-refractivity contribution is -0.118. The molecular formula is C37H54N8O3. The first kappa shape index (κ1) is 33.1.